The van der Waals surface area contributed by atoms with Gasteiger partial charge >= 0.3 is 23.9 Å². The quantitative estimate of drug-likeness (QED) is 0.275. The van der Waals surface area contributed by atoms with Crippen molar-refractivity contribution in [2.75, 3.05) is 13.2 Å². The van der Waals surface area contributed by atoms with Gasteiger partial charge in [0.15, 0.2) is 12.2 Å². The van der Waals surface area contributed by atoms with E-state index in [1.54, 1.807) is 0 Å². The summed E-state index contributed by atoms with van der Waals surface area (Å²) in [5.41, 5.74) is 0. The van der Waals surface area contributed by atoms with E-state index in [2.05, 4.69) is 0 Å². The third-order valence-electron chi connectivity index (χ3n) is 3.19. The number of hydrogen-bond donors (Lipinski definition) is 0. The molecule has 0 saturated carbocycles. The van der Waals surface area contributed by atoms with Crippen molar-refractivity contribution in [2.24, 2.45) is 0 Å². The lowest BCUT2D eigenvalue weighted by atomic mass is 10.2. The fraction of sp³-hybridized carbons (Fsp3) is 0.778. The van der Waals surface area contributed by atoms with Gasteiger partial charge in [-0.15, -0.1) is 0 Å². The van der Waals surface area contributed by atoms with Crippen LogP contribution in [-0.4, -0.2) is 49.3 Å². The molecule has 0 spiro atoms. The highest BCUT2D eigenvalue weighted by molar-refractivity contribution is 5.79. The molecule has 0 aliphatic rings. The van der Waals surface area contributed by atoms with Crippen LogP contribution in [0.25, 0.3) is 0 Å². The average Bonchev–Trinajstić information content (AvgIpc) is 2.60. The summed E-state index contributed by atoms with van der Waals surface area (Å²) in [5, 5.41) is 0. The second-order valence-corrected chi connectivity index (χ2v) is 5.81. The molecule has 2 atom stereocenters. The van der Waals surface area contributed by atoms with Crippen LogP contribution in [-0.2, 0) is 38.1 Å². The number of esters is 4. The fourth-order valence-corrected chi connectivity index (χ4v) is 1.79. The van der Waals surface area contributed by atoms with Gasteiger partial charge in [0.25, 0.3) is 0 Å². The molecule has 0 aromatic heterocycles. The zero-order chi connectivity index (χ0) is 19.9. The highest BCUT2D eigenvalue weighted by atomic mass is 16.6. The Hall–Kier alpha value is -2.12. The maximum Gasteiger partial charge on any atom is 0.347 e. The van der Waals surface area contributed by atoms with E-state index in [9.17, 15) is 19.2 Å². The van der Waals surface area contributed by atoms with Crippen LogP contribution in [0.4, 0.5) is 0 Å². The van der Waals surface area contributed by atoms with Crippen LogP contribution in [0.15, 0.2) is 0 Å². The van der Waals surface area contributed by atoms with Gasteiger partial charge in [0, 0.05) is 12.8 Å². The highest BCUT2D eigenvalue weighted by Gasteiger charge is 2.20. The van der Waals surface area contributed by atoms with Crippen LogP contribution in [0.5, 0.6) is 0 Å². The standard InChI is InChI=1S/C18H30O8/c1-5-11-23-17(21)13(3)25-15(19)9-7-8-10-16(20)26-14(4)18(22)24-12-6-2/h13-14H,5-12H2,1-4H3. The van der Waals surface area contributed by atoms with Crippen molar-refractivity contribution in [1.82, 2.24) is 0 Å². The van der Waals surface area contributed by atoms with Crippen molar-refractivity contribution in [3.05, 3.63) is 0 Å². The smallest absolute Gasteiger partial charge is 0.347 e. The number of ether oxygens (including phenoxy) is 4. The minimum Gasteiger partial charge on any atom is -0.463 e. The predicted molar refractivity (Wildman–Crippen MR) is 92.1 cm³/mol. The minimum absolute atomic E-state index is 0.0762. The van der Waals surface area contributed by atoms with Crippen LogP contribution in [0.1, 0.15) is 66.2 Å². The second-order valence-electron chi connectivity index (χ2n) is 5.81. The lowest BCUT2D eigenvalue weighted by molar-refractivity contribution is -0.167. The summed E-state index contributed by atoms with van der Waals surface area (Å²) in [6.07, 6.45) is 0.440. The van der Waals surface area contributed by atoms with E-state index < -0.39 is 36.1 Å². The molecule has 0 aliphatic carbocycles. The van der Waals surface area contributed by atoms with Gasteiger partial charge < -0.3 is 18.9 Å². The Kier molecular flexibility index (Phi) is 12.9. The molecule has 0 amide bonds. The Morgan fingerprint density at radius 3 is 1.35 bits per heavy atom. The fourth-order valence-electron chi connectivity index (χ4n) is 1.79. The molecule has 0 heterocycles. The van der Waals surface area contributed by atoms with Crippen molar-refractivity contribution in [3.63, 3.8) is 0 Å². The van der Waals surface area contributed by atoms with Crippen LogP contribution < -0.4 is 0 Å². The van der Waals surface area contributed by atoms with Gasteiger partial charge in [-0.3, -0.25) is 9.59 Å². The molecule has 0 N–H and O–H groups in total. The van der Waals surface area contributed by atoms with E-state index >= 15 is 0 Å². The number of unbranched alkanes of at least 4 members (excludes halogenated alkanes) is 1. The summed E-state index contributed by atoms with van der Waals surface area (Å²) < 4.78 is 19.7. The van der Waals surface area contributed by atoms with E-state index in [0.717, 1.165) is 0 Å². The Balaban J connectivity index is 3.90. The summed E-state index contributed by atoms with van der Waals surface area (Å²) in [5.74, 6) is -2.22. The van der Waals surface area contributed by atoms with Crippen molar-refractivity contribution < 1.29 is 38.1 Å². The van der Waals surface area contributed by atoms with Crippen LogP contribution in [0.2, 0.25) is 0 Å². The van der Waals surface area contributed by atoms with Gasteiger partial charge in [0.05, 0.1) is 13.2 Å². The molecule has 0 rings (SSSR count). The number of hydrogen-bond acceptors (Lipinski definition) is 8. The summed E-state index contributed by atoms with van der Waals surface area (Å²) in [7, 11) is 0. The predicted octanol–water partition coefficient (Wildman–Crippen LogP) is 2.32. The summed E-state index contributed by atoms with van der Waals surface area (Å²) >= 11 is 0. The molecule has 0 aromatic carbocycles. The molecule has 0 bridgehead atoms. The maximum absolute atomic E-state index is 11.6. The molecule has 2 unspecified atom stereocenters. The van der Waals surface area contributed by atoms with E-state index in [4.69, 9.17) is 18.9 Å². The average molecular weight is 374 g/mol. The molecule has 8 heteroatoms. The Labute approximate surface area is 154 Å². The molecule has 0 radical (unpaired) electrons. The first-order chi connectivity index (χ1) is 12.3. The first-order valence-electron chi connectivity index (χ1n) is 9.04. The summed E-state index contributed by atoms with van der Waals surface area (Å²) in [6, 6.07) is 0. The van der Waals surface area contributed by atoms with Gasteiger partial charge in [-0.25, -0.2) is 9.59 Å². The number of carbonyl (C=O) groups excluding carboxylic acids is 4. The Morgan fingerprint density at radius 2 is 1.04 bits per heavy atom. The van der Waals surface area contributed by atoms with E-state index in [-0.39, 0.29) is 26.1 Å². The van der Waals surface area contributed by atoms with Crippen LogP contribution in [0, 0.1) is 0 Å². The normalized spacial score (nSPS) is 12.6. The van der Waals surface area contributed by atoms with Crippen molar-refractivity contribution in [3.8, 4) is 0 Å². The van der Waals surface area contributed by atoms with E-state index in [1.165, 1.54) is 13.8 Å². The van der Waals surface area contributed by atoms with Crippen LogP contribution in [0.3, 0.4) is 0 Å². The minimum atomic E-state index is -0.950. The van der Waals surface area contributed by atoms with Gasteiger partial charge in [-0.1, -0.05) is 13.8 Å². The molecule has 0 aliphatic heterocycles. The van der Waals surface area contributed by atoms with Crippen molar-refractivity contribution in [2.45, 2.75) is 78.4 Å². The molecule has 0 fully saturated rings. The zero-order valence-electron chi connectivity index (χ0n) is 16.1. The van der Waals surface area contributed by atoms with Crippen molar-refractivity contribution >= 4 is 23.9 Å². The van der Waals surface area contributed by atoms with Crippen molar-refractivity contribution in [1.29, 1.82) is 0 Å². The van der Waals surface area contributed by atoms with Crippen LogP contribution >= 0.6 is 0 Å². The molecule has 26 heavy (non-hydrogen) atoms. The van der Waals surface area contributed by atoms with Gasteiger partial charge in [-0.05, 0) is 39.5 Å². The van der Waals surface area contributed by atoms with Gasteiger partial charge in [0.1, 0.15) is 0 Å². The number of rotatable bonds is 13. The first kappa shape index (κ1) is 23.9. The maximum atomic E-state index is 11.6. The molecule has 8 nitrogen and oxygen atoms in total. The third kappa shape index (κ3) is 11.4. The SMILES string of the molecule is CCCOC(=O)C(C)OC(=O)CCCCC(=O)OC(C)C(=O)OCCC. The Morgan fingerprint density at radius 1 is 0.692 bits per heavy atom. The second kappa shape index (κ2) is 14.1. The highest BCUT2D eigenvalue weighted by Crippen LogP contribution is 2.07. The van der Waals surface area contributed by atoms with E-state index in [1.807, 2.05) is 13.8 Å². The zero-order valence-corrected chi connectivity index (χ0v) is 16.1. The lowest BCUT2D eigenvalue weighted by Gasteiger charge is -2.13. The lowest BCUT2D eigenvalue weighted by Crippen LogP contribution is -2.27. The largest absolute Gasteiger partial charge is 0.463 e. The van der Waals surface area contributed by atoms with Gasteiger partial charge in [-0.2, -0.15) is 0 Å². The Bertz CT molecular complexity index is 418. The number of carbonyl (C=O) groups is 4. The first-order valence-corrected chi connectivity index (χ1v) is 9.04. The monoisotopic (exact) mass is 374 g/mol. The van der Waals surface area contributed by atoms with Gasteiger partial charge in [0.2, 0.25) is 0 Å². The molecule has 0 aromatic rings. The topological polar surface area (TPSA) is 105 Å². The summed E-state index contributed by atoms with van der Waals surface area (Å²) in [4.78, 5) is 46.2. The molecule has 0 saturated heterocycles. The summed E-state index contributed by atoms with van der Waals surface area (Å²) in [6.45, 7) is 7.20. The molecule has 150 valence electrons. The molecular weight excluding hydrogens is 344 g/mol. The molecular formula is C18H30O8. The third-order valence-corrected chi connectivity index (χ3v) is 3.19. The van der Waals surface area contributed by atoms with E-state index in [0.29, 0.717) is 25.7 Å².